The van der Waals surface area contributed by atoms with E-state index in [1.54, 1.807) is 0 Å². The van der Waals surface area contributed by atoms with Gasteiger partial charge in [-0.15, -0.1) is 0 Å². The number of ketones is 1. The summed E-state index contributed by atoms with van der Waals surface area (Å²) in [6.07, 6.45) is 0. The molecule has 7 nitrogen and oxygen atoms in total. The van der Waals surface area contributed by atoms with Gasteiger partial charge in [0, 0.05) is 20.0 Å². The van der Waals surface area contributed by atoms with Crippen molar-refractivity contribution in [3.8, 4) is 0 Å². The van der Waals surface area contributed by atoms with E-state index in [1.165, 1.54) is 13.0 Å². The lowest BCUT2D eigenvalue weighted by Gasteiger charge is -2.13. The minimum absolute atomic E-state index is 0.0668. The van der Waals surface area contributed by atoms with Crippen LogP contribution in [0.1, 0.15) is 28.5 Å². The number of rotatable bonds is 8. The highest BCUT2D eigenvalue weighted by molar-refractivity contribution is 5.95. The second-order valence-corrected chi connectivity index (χ2v) is 6.24. The van der Waals surface area contributed by atoms with Crippen LogP contribution in [0.25, 0.3) is 0 Å². The Kier molecular flexibility index (Phi) is 5.96. The van der Waals surface area contributed by atoms with Crippen LogP contribution in [0.5, 0.6) is 0 Å². The number of benzene rings is 2. The highest BCUT2D eigenvalue weighted by Crippen LogP contribution is 2.33. The van der Waals surface area contributed by atoms with E-state index in [4.69, 9.17) is 0 Å². The van der Waals surface area contributed by atoms with Crippen molar-refractivity contribution in [2.75, 3.05) is 10.6 Å². The van der Waals surface area contributed by atoms with Crippen molar-refractivity contribution in [1.82, 2.24) is 4.98 Å². The summed E-state index contributed by atoms with van der Waals surface area (Å²) in [5.74, 6) is -0.197. The number of nitrogens with one attached hydrogen (secondary N) is 2. The predicted molar refractivity (Wildman–Crippen MR) is 108 cm³/mol. The number of nitro groups is 1. The molecule has 0 aliphatic heterocycles. The first-order valence-corrected chi connectivity index (χ1v) is 8.80. The molecule has 7 heteroatoms. The van der Waals surface area contributed by atoms with E-state index >= 15 is 0 Å². The fraction of sp³-hybridized carbons (Fsp3) is 0.143. The van der Waals surface area contributed by atoms with Crippen LogP contribution in [0.15, 0.2) is 66.7 Å². The van der Waals surface area contributed by atoms with Gasteiger partial charge in [-0.2, -0.15) is 0 Å². The van der Waals surface area contributed by atoms with Crippen LogP contribution in [0, 0.1) is 10.1 Å². The third kappa shape index (κ3) is 4.70. The Bertz CT molecular complexity index is 911. The molecule has 142 valence electrons. The van der Waals surface area contributed by atoms with Gasteiger partial charge in [0.25, 0.3) is 0 Å². The number of carbonyl (C=O) groups excluding carboxylic acids is 1. The normalized spacial score (nSPS) is 10.3. The van der Waals surface area contributed by atoms with Crippen molar-refractivity contribution >= 4 is 23.0 Å². The van der Waals surface area contributed by atoms with Gasteiger partial charge in [0.15, 0.2) is 5.78 Å². The zero-order valence-corrected chi connectivity index (χ0v) is 15.4. The number of anilines is 2. The number of Topliss-reactive ketones (excluding diaryl/α,β-unsaturated/α-hetero) is 1. The summed E-state index contributed by atoms with van der Waals surface area (Å²) in [4.78, 5) is 27.3. The molecule has 1 aromatic heterocycles. The van der Waals surface area contributed by atoms with E-state index in [-0.39, 0.29) is 28.7 Å². The van der Waals surface area contributed by atoms with Gasteiger partial charge in [0.1, 0.15) is 11.4 Å². The molecule has 1 heterocycles. The van der Waals surface area contributed by atoms with Gasteiger partial charge in [-0.3, -0.25) is 14.9 Å². The first-order valence-electron chi connectivity index (χ1n) is 8.80. The average Bonchev–Trinajstić information content (AvgIpc) is 2.71. The number of carbonyl (C=O) groups is 1. The van der Waals surface area contributed by atoms with Gasteiger partial charge >= 0.3 is 5.69 Å². The third-order valence-corrected chi connectivity index (χ3v) is 4.16. The first kappa shape index (κ1) is 19.0. The highest BCUT2D eigenvalue weighted by atomic mass is 16.6. The summed E-state index contributed by atoms with van der Waals surface area (Å²) in [6, 6.07) is 20.4. The zero-order valence-electron chi connectivity index (χ0n) is 15.4. The number of hydrogen-bond donors (Lipinski definition) is 2. The van der Waals surface area contributed by atoms with Crippen LogP contribution in [-0.4, -0.2) is 15.7 Å². The quantitative estimate of drug-likeness (QED) is 0.343. The molecule has 0 unspecified atom stereocenters. The molecule has 0 spiro atoms. The predicted octanol–water partition coefficient (Wildman–Crippen LogP) is 4.42. The van der Waals surface area contributed by atoms with Gasteiger partial charge in [0.2, 0.25) is 5.82 Å². The molecular formula is C21H20N4O3. The number of aromatic nitrogens is 1. The molecule has 28 heavy (non-hydrogen) atoms. The molecule has 0 aliphatic rings. The number of nitrogens with zero attached hydrogens (tertiary/aromatic N) is 2. The van der Waals surface area contributed by atoms with Crippen molar-refractivity contribution in [3.63, 3.8) is 0 Å². The summed E-state index contributed by atoms with van der Waals surface area (Å²) in [7, 11) is 0. The summed E-state index contributed by atoms with van der Waals surface area (Å²) in [6.45, 7) is 2.13. The van der Waals surface area contributed by atoms with Crippen molar-refractivity contribution in [3.05, 3.63) is 93.7 Å². The summed E-state index contributed by atoms with van der Waals surface area (Å²) < 4.78 is 0. The van der Waals surface area contributed by atoms with Crippen molar-refractivity contribution < 1.29 is 9.72 Å². The summed E-state index contributed by atoms with van der Waals surface area (Å²) >= 11 is 0. The van der Waals surface area contributed by atoms with Crippen LogP contribution < -0.4 is 10.6 Å². The van der Waals surface area contributed by atoms with Crippen LogP contribution in [0.4, 0.5) is 17.2 Å². The Hall–Kier alpha value is -3.74. The molecule has 0 fully saturated rings. The Morgan fingerprint density at radius 3 is 2.00 bits per heavy atom. The maximum Gasteiger partial charge on any atom is 0.334 e. The minimum atomic E-state index is -0.489. The van der Waals surface area contributed by atoms with Crippen molar-refractivity contribution in [1.29, 1.82) is 0 Å². The van der Waals surface area contributed by atoms with Crippen LogP contribution >= 0.6 is 0 Å². The molecule has 0 saturated heterocycles. The fourth-order valence-corrected chi connectivity index (χ4v) is 2.74. The lowest BCUT2D eigenvalue weighted by Crippen LogP contribution is -2.11. The van der Waals surface area contributed by atoms with Crippen molar-refractivity contribution in [2.45, 2.75) is 20.0 Å². The number of pyridine rings is 1. The van der Waals surface area contributed by atoms with Crippen molar-refractivity contribution in [2.24, 2.45) is 0 Å². The van der Waals surface area contributed by atoms with Gasteiger partial charge in [0.05, 0.1) is 4.92 Å². The first-order chi connectivity index (χ1) is 13.5. The second kappa shape index (κ2) is 8.77. The minimum Gasteiger partial charge on any atom is -0.375 e. The Labute approximate surface area is 162 Å². The lowest BCUT2D eigenvalue weighted by atomic mass is 10.2. The third-order valence-electron chi connectivity index (χ3n) is 4.16. The highest BCUT2D eigenvalue weighted by Gasteiger charge is 2.24. The number of hydrogen-bond acceptors (Lipinski definition) is 6. The Morgan fingerprint density at radius 1 is 0.964 bits per heavy atom. The summed E-state index contributed by atoms with van der Waals surface area (Å²) in [5.41, 5.74) is 2.15. The van der Waals surface area contributed by atoms with E-state index in [0.717, 1.165) is 11.1 Å². The van der Waals surface area contributed by atoms with Gasteiger partial charge in [-0.25, -0.2) is 4.98 Å². The Morgan fingerprint density at radius 2 is 1.50 bits per heavy atom. The molecule has 3 aromatic rings. The molecule has 0 aliphatic carbocycles. The monoisotopic (exact) mass is 376 g/mol. The lowest BCUT2D eigenvalue weighted by molar-refractivity contribution is -0.383. The molecule has 0 radical (unpaired) electrons. The van der Waals surface area contributed by atoms with E-state index < -0.39 is 4.92 Å². The summed E-state index contributed by atoms with van der Waals surface area (Å²) in [5, 5.41) is 17.8. The second-order valence-electron chi connectivity index (χ2n) is 6.24. The molecular weight excluding hydrogens is 356 g/mol. The molecule has 2 N–H and O–H groups in total. The SMILES string of the molecule is CC(=O)c1cc(NCc2ccccc2)c([N+](=O)[O-])c(NCc2ccccc2)n1. The molecule has 0 atom stereocenters. The zero-order chi connectivity index (χ0) is 19.9. The fourth-order valence-electron chi connectivity index (χ4n) is 2.74. The maximum absolute atomic E-state index is 11.9. The average molecular weight is 376 g/mol. The van der Waals surface area contributed by atoms with E-state index in [0.29, 0.717) is 13.1 Å². The smallest absolute Gasteiger partial charge is 0.334 e. The standard InChI is InChI=1S/C21H20N4O3/c1-15(26)18-12-19(22-13-16-8-4-2-5-9-16)20(25(27)28)21(24-18)23-14-17-10-6-3-7-11-17/h2-12H,13-14H2,1H3,(H2,22,23,24). The molecule has 0 saturated carbocycles. The van der Waals surface area contributed by atoms with E-state index in [2.05, 4.69) is 15.6 Å². The Balaban J connectivity index is 1.93. The molecule has 3 rings (SSSR count). The van der Waals surface area contributed by atoms with E-state index in [9.17, 15) is 14.9 Å². The van der Waals surface area contributed by atoms with Gasteiger partial charge < -0.3 is 10.6 Å². The van der Waals surface area contributed by atoms with Gasteiger partial charge in [-0.05, 0) is 17.2 Å². The molecule has 2 aromatic carbocycles. The van der Waals surface area contributed by atoms with Crippen LogP contribution in [0.3, 0.4) is 0 Å². The van der Waals surface area contributed by atoms with Crippen LogP contribution in [-0.2, 0) is 13.1 Å². The topological polar surface area (TPSA) is 97.2 Å². The molecule has 0 amide bonds. The van der Waals surface area contributed by atoms with E-state index in [1.807, 2.05) is 60.7 Å². The maximum atomic E-state index is 11.9. The van der Waals surface area contributed by atoms with Gasteiger partial charge in [-0.1, -0.05) is 60.7 Å². The van der Waals surface area contributed by atoms with Crippen LogP contribution in [0.2, 0.25) is 0 Å². The largest absolute Gasteiger partial charge is 0.375 e. The molecule has 0 bridgehead atoms.